The van der Waals surface area contributed by atoms with E-state index in [9.17, 15) is 4.79 Å². The summed E-state index contributed by atoms with van der Waals surface area (Å²) in [6.07, 6.45) is 3.08. The first-order valence-electron chi connectivity index (χ1n) is 6.26. The molecule has 0 aromatic carbocycles. The molecule has 2 aromatic heterocycles. The standard InChI is InChI=1S/C12H17N7O/c1-3-13-10-6-9(4-5-14-10)7-15-12(20)18-11-16-8-17-19(11)2/h4-6,8H,3,7H2,1-2H3,(H,13,14)(H2,15,16,17,18,20). The van der Waals surface area contributed by atoms with Crippen molar-refractivity contribution in [2.45, 2.75) is 13.5 Å². The zero-order chi connectivity index (χ0) is 14.4. The van der Waals surface area contributed by atoms with Crippen LogP contribution in [0.4, 0.5) is 16.6 Å². The fraction of sp³-hybridized carbons (Fsp3) is 0.333. The van der Waals surface area contributed by atoms with Crippen molar-refractivity contribution in [2.75, 3.05) is 17.2 Å². The van der Waals surface area contributed by atoms with Crippen LogP contribution in [0.2, 0.25) is 0 Å². The van der Waals surface area contributed by atoms with Crippen LogP contribution in [0.5, 0.6) is 0 Å². The molecule has 106 valence electrons. The summed E-state index contributed by atoms with van der Waals surface area (Å²) in [7, 11) is 1.70. The minimum absolute atomic E-state index is 0.331. The van der Waals surface area contributed by atoms with Crippen molar-refractivity contribution in [1.29, 1.82) is 0 Å². The van der Waals surface area contributed by atoms with Gasteiger partial charge in [-0.2, -0.15) is 10.1 Å². The largest absolute Gasteiger partial charge is 0.370 e. The molecule has 0 aliphatic carbocycles. The molecular weight excluding hydrogens is 258 g/mol. The van der Waals surface area contributed by atoms with Gasteiger partial charge in [-0.15, -0.1) is 0 Å². The van der Waals surface area contributed by atoms with Gasteiger partial charge in [0.2, 0.25) is 5.95 Å². The first-order chi connectivity index (χ1) is 9.69. The van der Waals surface area contributed by atoms with E-state index in [0.29, 0.717) is 12.5 Å². The summed E-state index contributed by atoms with van der Waals surface area (Å²) < 4.78 is 1.48. The number of hydrogen-bond donors (Lipinski definition) is 3. The van der Waals surface area contributed by atoms with Crippen LogP contribution >= 0.6 is 0 Å². The average Bonchev–Trinajstić information content (AvgIpc) is 2.83. The Morgan fingerprint density at radius 1 is 1.40 bits per heavy atom. The van der Waals surface area contributed by atoms with Gasteiger partial charge in [0, 0.05) is 26.3 Å². The van der Waals surface area contributed by atoms with Crippen molar-refractivity contribution < 1.29 is 4.79 Å². The third-order valence-electron chi connectivity index (χ3n) is 2.57. The smallest absolute Gasteiger partial charge is 0.321 e. The Morgan fingerprint density at radius 2 is 2.25 bits per heavy atom. The molecule has 8 nitrogen and oxygen atoms in total. The quantitative estimate of drug-likeness (QED) is 0.755. The maximum atomic E-state index is 11.7. The maximum Gasteiger partial charge on any atom is 0.321 e. The second kappa shape index (κ2) is 6.50. The van der Waals surface area contributed by atoms with E-state index in [1.807, 2.05) is 19.1 Å². The molecule has 0 aliphatic rings. The van der Waals surface area contributed by atoms with Gasteiger partial charge >= 0.3 is 6.03 Å². The summed E-state index contributed by atoms with van der Waals surface area (Å²) in [5.74, 6) is 1.19. The first kappa shape index (κ1) is 13.8. The number of aromatic nitrogens is 4. The Morgan fingerprint density at radius 3 is 2.95 bits per heavy atom. The fourth-order valence-corrected chi connectivity index (χ4v) is 1.60. The van der Waals surface area contributed by atoms with E-state index in [1.165, 1.54) is 11.0 Å². The second-order valence-electron chi connectivity index (χ2n) is 4.09. The van der Waals surface area contributed by atoms with Crippen LogP contribution in [-0.4, -0.2) is 32.3 Å². The minimum atomic E-state index is -0.331. The molecule has 3 N–H and O–H groups in total. The monoisotopic (exact) mass is 275 g/mol. The lowest BCUT2D eigenvalue weighted by Crippen LogP contribution is -2.29. The summed E-state index contributed by atoms with van der Waals surface area (Å²) in [6.45, 7) is 3.21. The van der Waals surface area contributed by atoms with E-state index in [4.69, 9.17) is 0 Å². The van der Waals surface area contributed by atoms with Gasteiger partial charge in [0.05, 0.1) is 0 Å². The number of urea groups is 1. The molecule has 20 heavy (non-hydrogen) atoms. The molecule has 0 spiro atoms. The average molecular weight is 275 g/mol. The fourth-order valence-electron chi connectivity index (χ4n) is 1.60. The SMILES string of the molecule is CCNc1cc(CNC(=O)Nc2ncnn2C)ccn1. The van der Waals surface area contributed by atoms with E-state index in [0.717, 1.165) is 17.9 Å². The van der Waals surface area contributed by atoms with Gasteiger partial charge in [0.15, 0.2) is 0 Å². The summed E-state index contributed by atoms with van der Waals surface area (Å²) in [6, 6.07) is 3.41. The predicted octanol–water partition coefficient (Wildman–Crippen LogP) is 0.964. The highest BCUT2D eigenvalue weighted by Crippen LogP contribution is 2.06. The van der Waals surface area contributed by atoms with Crippen LogP contribution in [0.1, 0.15) is 12.5 Å². The van der Waals surface area contributed by atoms with E-state index in [-0.39, 0.29) is 6.03 Å². The van der Waals surface area contributed by atoms with Gasteiger partial charge in [0.1, 0.15) is 12.1 Å². The number of anilines is 2. The van der Waals surface area contributed by atoms with Crippen LogP contribution in [0.15, 0.2) is 24.7 Å². The second-order valence-corrected chi connectivity index (χ2v) is 4.09. The van der Waals surface area contributed by atoms with Crippen molar-refractivity contribution >= 4 is 17.8 Å². The van der Waals surface area contributed by atoms with Crippen molar-refractivity contribution in [1.82, 2.24) is 25.1 Å². The summed E-state index contributed by atoms with van der Waals surface area (Å²) in [5, 5.41) is 12.3. The third-order valence-corrected chi connectivity index (χ3v) is 2.57. The zero-order valence-corrected chi connectivity index (χ0v) is 11.4. The molecule has 2 rings (SSSR count). The number of nitrogens with one attached hydrogen (secondary N) is 3. The molecule has 0 saturated heterocycles. The third kappa shape index (κ3) is 3.67. The van der Waals surface area contributed by atoms with Crippen LogP contribution in [-0.2, 0) is 13.6 Å². The molecule has 0 fully saturated rings. The topological polar surface area (TPSA) is 96.8 Å². The molecule has 2 aromatic rings. The van der Waals surface area contributed by atoms with Crippen molar-refractivity contribution in [3.05, 3.63) is 30.2 Å². The van der Waals surface area contributed by atoms with Crippen LogP contribution in [0, 0.1) is 0 Å². The van der Waals surface area contributed by atoms with E-state index < -0.39 is 0 Å². The number of rotatable bonds is 5. The molecule has 0 saturated carbocycles. The number of carbonyl (C=O) groups excluding carboxylic acids is 1. The van der Waals surface area contributed by atoms with Crippen molar-refractivity contribution in [3.63, 3.8) is 0 Å². The van der Waals surface area contributed by atoms with Gasteiger partial charge in [-0.25, -0.2) is 14.5 Å². The number of hydrogen-bond acceptors (Lipinski definition) is 5. The molecule has 2 amide bonds. The normalized spacial score (nSPS) is 10.1. The van der Waals surface area contributed by atoms with Gasteiger partial charge in [-0.05, 0) is 24.6 Å². The van der Waals surface area contributed by atoms with Crippen LogP contribution in [0.25, 0.3) is 0 Å². The maximum absolute atomic E-state index is 11.7. The summed E-state index contributed by atoms with van der Waals surface area (Å²) in [5.41, 5.74) is 0.962. The van der Waals surface area contributed by atoms with Gasteiger partial charge in [-0.1, -0.05) is 0 Å². The lowest BCUT2D eigenvalue weighted by atomic mass is 10.2. The number of nitrogens with zero attached hydrogens (tertiary/aromatic N) is 4. The van der Waals surface area contributed by atoms with Gasteiger partial charge in [0.25, 0.3) is 0 Å². The molecule has 2 heterocycles. The Labute approximate surface area is 116 Å². The first-order valence-corrected chi connectivity index (χ1v) is 6.26. The van der Waals surface area contributed by atoms with E-state index in [2.05, 4.69) is 31.0 Å². The van der Waals surface area contributed by atoms with Crippen molar-refractivity contribution in [3.8, 4) is 0 Å². The highest BCUT2D eigenvalue weighted by molar-refractivity contribution is 5.87. The highest BCUT2D eigenvalue weighted by Gasteiger charge is 2.06. The number of pyridine rings is 1. The zero-order valence-electron chi connectivity index (χ0n) is 11.4. The van der Waals surface area contributed by atoms with Crippen molar-refractivity contribution in [2.24, 2.45) is 7.05 Å². The lowest BCUT2D eigenvalue weighted by Gasteiger charge is -2.08. The molecule has 8 heteroatoms. The number of amides is 2. The van der Waals surface area contributed by atoms with Crippen LogP contribution in [0.3, 0.4) is 0 Å². The molecule has 0 aliphatic heterocycles. The summed E-state index contributed by atoms with van der Waals surface area (Å²) in [4.78, 5) is 19.8. The summed E-state index contributed by atoms with van der Waals surface area (Å²) >= 11 is 0. The molecule has 0 radical (unpaired) electrons. The lowest BCUT2D eigenvalue weighted by molar-refractivity contribution is 0.251. The van der Waals surface area contributed by atoms with Gasteiger partial charge in [-0.3, -0.25) is 5.32 Å². The molecular formula is C12H17N7O. The van der Waals surface area contributed by atoms with E-state index >= 15 is 0 Å². The molecule has 0 unspecified atom stereocenters. The Balaban J connectivity index is 1.87. The Kier molecular flexibility index (Phi) is 4.48. The predicted molar refractivity (Wildman–Crippen MR) is 75.3 cm³/mol. The molecule has 0 bridgehead atoms. The Bertz CT molecular complexity index is 581. The highest BCUT2D eigenvalue weighted by atomic mass is 16.2. The van der Waals surface area contributed by atoms with Gasteiger partial charge < -0.3 is 10.6 Å². The van der Waals surface area contributed by atoms with Crippen LogP contribution < -0.4 is 16.0 Å². The minimum Gasteiger partial charge on any atom is -0.370 e. The van der Waals surface area contributed by atoms with E-state index in [1.54, 1.807) is 13.2 Å². The number of carbonyl (C=O) groups is 1. The number of aryl methyl sites for hydroxylation is 1. The Hall–Kier alpha value is -2.64. The molecule has 0 atom stereocenters.